The molecule has 0 saturated carbocycles. The zero-order chi connectivity index (χ0) is 11.5. The maximum Gasteiger partial charge on any atom is 0.199 e. The van der Waals surface area contributed by atoms with Crippen molar-refractivity contribution < 1.29 is 14.3 Å². The van der Waals surface area contributed by atoms with Gasteiger partial charge in [-0.1, -0.05) is 18.2 Å². The van der Waals surface area contributed by atoms with Gasteiger partial charge in [-0.15, -0.1) is 0 Å². The van der Waals surface area contributed by atoms with Crippen LogP contribution in [0.2, 0.25) is 0 Å². The zero-order valence-electron chi connectivity index (χ0n) is 8.80. The molecule has 0 aliphatic heterocycles. The SMILES string of the molecule is CC(=O)c1coc(Cc2ccccc2O)n1. The van der Waals surface area contributed by atoms with E-state index < -0.39 is 0 Å². The summed E-state index contributed by atoms with van der Waals surface area (Å²) in [6, 6.07) is 6.95. The zero-order valence-corrected chi connectivity index (χ0v) is 8.80. The third-order valence-corrected chi connectivity index (χ3v) is 2.25. The number of aromatic nitrogens is 1. The summed E-state index contributed by atoms with van der Waals surface area (Å²) in [6.45, 7) is 1.43. The molecule has 0 saturated heterocycles. The minimum atomic E-state index is -0.132. The Morgan fingerprint density at radius 1 is 1.44 bits per heavy atom. The molecular weight excluding hydrogens is 206 g/mol. The largest absolute Gasteiger partial charge is 0.508 e. The summed E-state index contributed by atoms with van der Waals surface area (Å²) in [5.74, 6) is 0.490. The van der Waals surface area contributed by atoms with Crippen LogP contribution in [0.1, 0.15) is 28.9 Å². The minimum Gasteiger partial charge on any atom is -0.508 e. The van der Waals surface area contributed by atoms with Gasteiger partial charge in [0.25, 0.3) is 0 Å². The number of aromatic hydroxyl groups is 1. The quantitative estimate of drug-likeness (QED) is 0.800. The van der Waals surface area contributed by atoms with Crippen molar-refractivity contribution in [1.29, 1.82) is 0 Å². The van der Waals surface area contributed by atoms with E-state index in [2.05, 4.69) is 4.98 Å². The molecule has 0 aliphatic carbocycles. The molecule has 2 aromatic rings. The van der Waals surface area contributed by atoms with Gasteiger partial charge in [0, 0.05) is 12.5 Å². The van der Waals surface area contributed by atoms with Crippen LogP contribution < -0.4 is 0 Å². The van der Waals surface area contributed by atoms with E-state index in [1.807, 2.05) is 6.07 Å². The molecule has 1 N–H and O–H groups in total. The van der Waals surface area contributed by atoms with E-state index in [-0.39, 0.29) is 11.5 Å². The third-order valence-electron chi connectivity index (χ3n) is 2.25. The van der Waals surface area contributed by atoms with Gasteiger partial charge < -0.3 is 9.52 Å². The lowest BCUT2D eigenvalue weighted by Gasteiger charge is -1.99. The van der Waals surface area contributed by atoms with Crippen LogP contribution in [0.4, 0.5) is 0 Å². The minimum absolute atomic E-state index is 0.132. The topological polar surface area (TPSA) is 63.3 Å². The van der Waals surface area contributed by atoms with Gasteiger partial charge in [-0.3, -0.25) is 4.79 Å². The molecule has 1 aromatic carbocycles. The lowest BCUT2D eigenvalue weighted by Crippen LogP contribution is -1.94. The average molecular weight is 217 g/mol. The number of benzene rings is 1. The predicted octanol–water partition coefficient (Wildman–Crippen LogP) is 2.17. The van der Waals surface area contributed by atoms with Crippen molar-refractivity contribution in [2.75, 3.05) is 0 Å². The van der Waals surface area contributed by atoms with Crippen LogP contribution in [0, 0.1) is 0 Å². The van der Waals surface area contributed by atoms with E-state index >= 15 is 0 Å². The van der Waals surface area contributed by atoms with Crippen LogP contribution >= 0.6 is 0 Å². The van der Waals surface area contributed by atoms with Crippen LogP contribution in [0.5, 0.6) is 5.75 Å². The van der Waals surface area contributed by atoms with E-state index in [1.54, 1.807) is 18.2 Å². The number of rotatable bonds is 3. The lowest BCUT2D eigenvalue weighted by atomic mass is 10.1. The fourth-order valence-corrected chi connectivity index (χ4v) is 1.38. The van der Waals surface area contributed by atoms with Gasteiger partial charge in [-0.2, -0.15) is 0 Å². The van der Waals surface area contributed by atoms with E-state index in [0.717, 1.165) is 5.56 Å². The molecule has 0 atom stereocenters. The average Bonchev–Trinajstić information content (AvgIpc) is 2.70. The number of ketones is 1. The second-order valence-corrected chi connectivity index (χ2v) is 3.49. The normalized spacial score (nSPS) is 10.3. The Bertz CT molecular complexity index is 516. The molecular formula is C12H11NO3. The number of hydrogen-bond donors (Lipinski definition) is 1. The highest BCUT2D eigenvalue weighted by molar-refractivity contribution is 5.91. The molecule has 0 bridgehead atoms. The number of phenols is 1. The van der Waals surface area contributed by atoms with Crippen molar-refractivity contribution in [3.05, 3.63) is 47.7 Å². The highest BCUT2D eigenvalue weighted by Crippen LogP contribution is 2.19. The summed E-state index contributed by atoms with van der Waals surface area (Å²) < 4.78 is 5.14. The van der Waals surface area contributed by atoms with Crippen LogP contribution in [0.3, 0.4) is 0 Å². The highest BCUT2D eigenvalue weighted by Gasteiger charge is 2.09. The Morgan fingerprint density at radius 3 is 2.81 bits per heavy atom. The Labute approximate surface area is 92.6 Å². The first kappa shape index (κ1) is 10.4. The third kappa shape index (κ3) is 2.11. The van der Waals surface area contributed by atoms with Gasteiger partial charge in [-0.25, -0.2) is 4.98 Å². The van der Waals surface area contributed by atoms with E-state index in [9.17, 15) is 9.90 Å². The maximum absolute atomic E-state index is 11.0. The number of nitrogens with zero attached hydrogens (tertiary/aromatic N) is 1. The summed E-state index contributed by atoms with van der Waals surface area (Å²) >= 11 is 0. The maximum atomic E-state index is 11.0. The van der Waals surface area contributed by atoms with Crippen molar-refractivity contribution in [2.24, 2.45) is 0 Å². The van der Waals surface area contributed by atoms with Gasteiger partial charge in [0.15, 0.2) is 11.7 Å². The monoisotopic (exact) mass is 217 g/mol. The number of para-hydroxylation sites is 1. The molecule has 0 spiro atoms. The van der Waals surface area contributed by atoms with Crippen molar-refractivity contribution in [3.63, 3.8) is 0 Å². The molecule has 0 unspecified atom stereocenters. The Morgan fingerprint density at radius 2 is 2.19 bits per heavy atom. The first-order valence-corrected chi connectivity index (χ1v) is 4.89. The van der Waals surface area contributed by atoms with Gasteiger partial charge in [0.2, 0.25) is 0 Å². The molecule has 82 valence electrons. The molecule has 0 radical (unpaired) electrons. The van der Waals surface area contributed by atoms with Crippen molar-refractivity contribution >= 4 is 5.78 Å². The van der Waals surface area contributed by atoms with E-state index in [4.69, 9.17) is 4.42 Å². The lowest BCUT2D eigenvalue weighted by molar-refractivity contribution is 0.101. The van der Waals surface area contributed by atoms with Crippen molar-refractivity contribution in [1.82, 2.24) is 4.98 Å². The fraction of sp³-hybridized carbons (Fsp3) is 0.167. The predicted molar refractivity (Wildman–Crippen MR) is 57.4 cm³/mol. The van der Waals surface area contributed by atoms with Gasteiger partial charge in [0.05, 0.1) is 6.42 Å². The van der Waals surface area contributed by atoms with Crippen LogP contribution in [0.15, 0.2) is 34.9 Å². The van der Waals surface area contributed by atoms with Gasteiger partial charge in [-0.05, 0) is 6.07 Å². The fourth-order valence-electron chi connectivity index (χ4n) is 1.38. The number of carbonyl (C=O) groups excluding carboxylic acids is 1. The highest BCUT2D eigenvalue weighted by atomic mass is 16.3. The molecule has 2 rings (SSSR count). The van der Waals surface area contributed by atoms with Gasteiger partial charge >= 0.3 is 0 Å². The summed E-state index contributed by atoms with van der Waals surface area (Å²) in [4.78, 5) is 15.0. The standard InChI is InChI=1S/C12H11NO3/c1-8(14)10-7-16-12(13-10)6-9-4-2-3-5-11(9)15/h2-5,7,15H,6H2,1H3. The second kappa shape index (κ2) is 4.18. The molecule has 4 heteroatoms. The summed E-state index contributed by atoms with van der Waals surface area (Å²) in [6.07, 6.45) is 1.71. The van der Waals surface area contributed by atoms with E-state index in [0.29, 0.717) is 18.0 Å². The number of carbonyl (C=O) groups is 1. The molecule has 0 amide bonds. The number of Topliss-reactive ketones (excluding diaryl/α,β-unsaturated/α-hetero) is 1. The van der Waals surface area contributed by atoms with Crippen molar-refractivity contribution in [2.45, 2.75) is 13.3 Å². The number of phenolic OH excluding ortho intramolecular Hbond substituents is 1. The van der Waals surface area contributed by atoms with E-state index in [1.165, 1.54) is 13.2 Å². The van der Waals surface area contributed by atoms with Crippen LogP contribution in [-0.2, 0) is 6.42 Å². The summed E-state index contributed by atoms with van der Waals surface area (Å²) in [7, 11) is 0. The molecule has 16 heavy (non-hydrogen) atoms. The second-order valence-electron chi connectivity index (χ2n) is 3.49. The first-order valence-electron chi connectivity index (χ1n) is 4.89. The molecule has 0 aliphatic rings. The molecule has 0 fully saturated rings. The van der Waals surface area contributed by atoms with Crippen LogP contribution in [-0.4, -0.2) is 15.9 Å². The Hall–Kier alpha value is -2.10. The van der Waals surface area contributed by atoms with Gasteiger partial charge in [0.1, 0.15) is 17.7 Å². The van der Waals surface area contributed by atoms with Crippen LogP contribution in [0.25, 0.3) is 0 Å². The first-order chi connectivity index (χ1) is 7.66. The summed E-state index contributed by atoms with van der Waals surface area (Å²) in [5.41, 5.74) is 1.03. The smallest absolute Gasteiger partial charge is 0.199 e. The Balaban J connectivity index is 2.21. The molecule has 1 heterocycles. The number of oxazole rings is 1. The van der Waals surface area contributed by atoms with Crippen molar-refractivity contribution in [3.8, 4) is 5.75 Å². The Kier molecular flexibility index (Phi) is 2.72. The molecule has 1 aromatic heterocycles. The molecule has 4 nitrogen and oxygen atoms in total. The summed E-state index contributed by atoms with van der Waals surface area (Å²) in [5, 5.41) is 9.55. The number of hydrogen-bond acceptors (Lipinski definition) is 4.